The molecule has 0 radical (unpaired) electrons. The molecule has 21 heavy (non-hydrogen) atoms. The van der Waals surface area contributed by atoms with Gasteiger partial charge < -0.3 is 18.3 Å². The van der Waals surface area contributed by atoms with E-state index in [4.69, 9.17) is 18.3 Å². The minimum atomic E-state index is -3.14. The van der Waals surface area contributed by atoms with Crippen molar-refractivity contribution in [3.05, 3.63) is 23.8 Å². The van der Waals surface area contributed by atoms with Crippen molar-refractivity contribution in [2.24, 2.45) is 0 Å². The van der Waals surface area contributed by atoms with Gasteiger partial charge in [0.05, 0.1) is 6.61 Å². The summed E-state index contributed by atoms with van der Waals surface area (Å²) in [4.78, 5) is 22.6. The maximum Gasteiger partial charge on any atom is 0.496 e. The minimum absolute atomic E-state index is 0.297. The third-order valence-electron chi connectivity index (χ3n) is 3.03. The van der Waals surface area contributed by atoms with Gasteiger partial charge in [0.25, 0.3) is 11.9 Å². The summed E-state index contributed by atoms with van der Waals surface area (Å²) in [5.74, 6) is -0.243. The topological polar surface area (TPSA) is 71.1 Å². The van der Waals surface area contributed by atoms with E-state index >= 15 is 0 Å². The predicted molar refractivity (Wildman–Crippen MR) is 76.1 cm³/mol. The fourth-order valence-corrected chi connectivity index (χ4v) is 4.39. The lowest BCUT2D eigenvalue weighted by molar-refractivity contribution is -0.138. The first-order valence-electron chi connectivity index (χ1n) is 6.61. The van der Waals surface area contributed by atoms with Gasteiger partial charge in [-0.2, -0.15) is 0 Å². The van der Waals surface area contributed by atoms with Crippen LogP contribution in [0.15, 0.2) is 18.2 Å². The normalized spacial score (nSPS) is 17.4. The largest absolute Gasteiger partial charge is 0.496 e. The summed E-state index contributed by atoms with van der Waals surface area (Å²) in [5, 5.41) is 0.674. The maximum atomic E-state index is 11.3. The van der Waals surface area contributed by atoms with Crippen LogP contribution in [0.2, 0.25) is 6.55 Å². The summed E-state index contributed by atoms with van der Waals surface area (Å²) in [6.07, 6.45) is -0.297. The van der Waals surface area contributed by atoms with Gasteiger partial charge >= 0.3 is 8.56 Å². The second-order valence-corrected chi connectivity index (χ2v) is 7.83. The zero-order valence-electron chi connectivity index (χ0n) is 12.5. The van der Waals surface area contributed by atoms with Crippen LogP contribution >= 0.6 is 0 Å². The second-order valence-electron chi connectivity index (χ2n) is 4.95. The van der Waals surface area contributed by atoms with E-state index in [2.05, 4.69) is 0 Å². The highest BCUT2D eigenvalue weighted by Gasteiger charge is 2.41. The second kappa shape index (κ2) is 5.86. The molecule has 114 valence electrons. The van der Waals surface area contributed by atoms with Gasteiger partial charge in [-0.05, 0) is 19.1 Å². The molecule has 0 saturated heterocycles. The van der Waals surface area contributed by atoms with Crippen LogP contribution < -0.4 is 9.92 Å². The van der Waals surface area contributed by atoms with E-state index in [9.17, 15) is 9.59 Å². The zero-order chi connectivity index (χ0) is 15.6. The van der Waals surface area contributed by atoms with E-state index in [-0.39, 0.29) is 6.29 Å². The Morgan fingerprint density at radius 2 is 1.86 bits per heavy atom. The van der Waals surface area contributed by atoms with Crippen molar-refractivity contribution < 1.29 is 27.9 Å². The van der Waals surface area contributed by atoms with Crippen LogP contribution in [-0.2, 0) is 29.8 Å². The van der Waals surface area contributed by atoms with Crippen LogP contribution in [0.3, 0.4) is 0 Å². The summed E-state index contributed by atoms with van der Waals surface area (Å²) in [6.45, 7) is 6.45. The SMILES string of the molecule is CC(=O)O[Si](C)(OC(C)=O)c1ccc2c(c1)COC(C)O2. The molecule has 1 atom stereocenters. The van der Waals surface area contributed by atoms with Crippen LogP contribution in [0.1, 0.15) is 26.3 Å². The first-order valence-corrected chi connectivity index (χ1v) is 8.92. The average molecular weight is 310 g/mol. The Morgan fingerprint density at radius 3 is 2.43 bits per heavy atom. The van der Waals surface area contributed by atoms with Crippen molar-refractivity contribution in [1.82, 2.24) is 0 Å². The number of rotatable bonds is 3. The number of carbonyl (C=O) groups excluding carboxylic acids is 2. The van der Waals surface area contributed by atoms with E-state index in [0.717, 1.165) is 11.3 Å². The molecule has 1 aromatic rings. The molecular formula is C14H18O6Si. The highest BCUT2D eigenvalue weighted by atomic mass is 28.4. The molecule has 2 rings (SSSR count). The smallest absolute Gasteiger partial charge is 0.482 e. The molecule has 1 heterocycles. The van der Waals surface area contributed by atoms with E-state index < -0.39 is 20.5 Å². The zero-order valence-corrected chi connectivity index (χ0v) is 13.5. The molecule has 0 aliphatic carbocycles. The molecule has 0 saturated carbocycles. The molecule has 0 amide bonds. The number of fused-ring (bicyclic) bond motifs is 1. The van der Waals surface area contributed by atoms with Gasteiger partial charge in [-0.25, -0.2) is 0 Å². The summed E-state index contributed by atoms with van der Waals surface area (Å²) in [6, 6.07) is 5.34. The Hall–Kier alpha value is -1.86. The van der Waals surface area contributed by atoms with Gasteiger partial charge in [-0.15, -0.1) is 0 Å². The first kappa shape index (κ1) is 15.5. The van der Waals surface area contributed by atoms with Crippen molar-refractivity contribution in [1.29, 1.82) is 0 Å². The Kier molecular flexibility index (Phi) is 4.34. The standard InChI is InChI=1S/C14H18O6Si/c1-9(15)19-21(4,20-10(2)16)13-5-6-14-12(7-13)8-17-11(3)18-14/h5-7,11H,8H2,1-4H3. The summed E-state index contributed by atoms with van der Waals surface area (Å²) in [7, 11) is -3.14. The molecule has 1 aromatic carbocycles. The van der Waals surface area contributed by atoms with Gasteiger partial charge in [0.15, 0.2) is 6.29 Å². The molecule has 0 N–H and O–H groups in total. The Balaban J connectivity index is 2.36. The van der Waals surface area contributed by atoms with Crippen molar-refractivity contribution in [3.63, 3.8) is 0 Å². The fourth-order valence-electron chi connectivity index (χ4n) is 2.20. The number of carbonyl (C=O) groups is 2. The molecular weight excluding hydrogens is 292 g/mol. The van der Waals surface area contributed by atoms with E-state index in [0.29, 0.717) is 11.8 Å². The molecule has 0 spiro atoms. The summed E-state index contributed by atoms with van der Waals surface area (Å²) < 4.78 is 21.6. The van der Waals surface area contributed by atoms with Crippen LogP contribution in [0.5, 0.6) is 5.75 Å². The van der Waals surface area contributed by atoms with Crippen molar-refractivity contribution in [2.45, 2.75) is 40.2 Å². The molecule has 1 aliphatic rings. The molecule has 6 nitrogen and oxygen atoms in total. The van der Waals surface area contributed by atoms with E-state index in [1.54, 1.807) is 24.7 Å². The maximum absolute atomic E-state index is 11.3. The highest BCUT2D eigenvalue weighted by molar-refractivity contribution is 6.82. The number of benzene rings is 1. The third kappa shape index (κ3) is 3.62. The summed E-state index contributed by atoms with van der Waals surface area (Å²) >= 11 is 0. The molecule has 0 bridgehead atoms. The number of ether oxygens (including phenoxy) is 2. The van der Waals surface area contributed by atoms with Crippen molar-refractivity contribution in [3.8, 4) is 5.75 Å². The molecule has 1 unspecified atom stereocenters. The average Bonchev–Trinajstić information content (AvgIpc) is 2.35. The highest BCUT2D eigenvalue weighted by Crippen LogP contribution is 2.26. The minimum Gasteiger partial charge on any atom is -0.482 e. The predicted octanol–water partition coefficient (Wildman–Crippen LogP) is 1.35. The van der Waals surface area contributed by atoms with E-state index in [1.807, 2.05) is 6.92 Å². The van der Waals surface area contributed by atoms with Gasteiger partial charge in [0.2, 0.25) is 0 Å². The van der Waals surface area contributed by atoms with Crippen LogP contribution in [-0.4, -0.2) is 26.8 Å². The number of hydrogen-bond acceptors (Lipinski definition) is 6. The Labute approximate surface area is 124 Å². The van der Waals surface area contributed by atoms with E-state index in [1.165, 1.54) is 13.8 Å². The van der Waals surface area contributed by atoms with Crippen molar-refractivity contribution >= 4 is 25.7 Å². The molecule has 7 heteroatoms. The van der Waals surface area contributed by atoms with Crippen LogP contribution in [0.4, 0.5) is 0 Å². The Bertz CT molecular complexity index is 555. The molecule has 1 aliphatic heterocycles. The third-order valence-corrected chi connectivity index (χ3v) is 5.74. The lowest BCUT2D eigenvalue weighted by Gasteiger charge is -2.28. The van der Waals surface area contributed by atoms with Crippen LogP contribution in [0.25, 0.3) is 0 Å². The first-order chi connectivity index (χ1) is 9.80. The summed E-state index contributed by atoms with van der Waals surface area (Å²) in [5.41, 5.74) is 0.837. The van der Waals surface area contributed by atoms with Gasteiger partial charge in [-0.3, -0.25) is 9.59 Å². The fraction of sp³-hybridized carbons (Fsp3) is 0.429. The molecule has 0 fully saturated rings. The van der Waals surface area contributed by atoms with Gasteiger partial charge in [0, 0.05) is 31.1 Å². The lowest BCUT2D eigenvalue weighted by Crippen LogP contribution is -2.53. The Morgan fingerprint density at radius 1 is 1.24 bits per heavy atom. The molecule has 0 aromatic heterocycles. The monoisotopic (exact) mass is 310 g/mol. The lowest BCUT2D eigenvalue weighted by atomic mass is 10.2. The van der Waals surface area contributed by atoms with Crippen molar-refractivity contribution in [2.75, 3.05) is 0 Å². The van der Waals surface area contributed by atoms with Gasteiger partial charge in [0.1, 0.15) is 5.75 Å². The number of hydrogen-bond donors (Lipinski definition) is 0. The van der Waals surface area contributed by atoms with Crippen LogP contribution in [0, 0.1) is 0 Å². The quantitative estimate of drug-likeness (QED) is 0.785. The van der Waals surface area contributed by atoms with Gasteiger partial charge in [-0.1, -0.05) is 6.07 Å².